The lowest BCUT2D eigenvalue weighted by Gasteiger charge is -2.27. The molecule has 1 aromatic heterocycles. The number of thiophene rings is 1. The van der Waals surface area contributed by atoms with Crippen LogP contribution in [0.4, 0.5) is 0 Å². The van der Waals surface area contributed by atoms with E-state index in [1.807, 2.05) is 0 Å². The van der Waals surface area contributed by atoms with Crippen LogP contribution in [0.15, 0.2) is 6.07 Å². The van der Waals surface area contributed by atoms with Crippen molar-refractivity contribution in [3.8, 4) is 0 Å². The van der Waals surface area contributed by atoms with Gasteiger partial charge in [0.25, 0.3) is 0 Å². The number of Topliss-reactive ketones (excluding diaryl/α,β-unsaturated/α-hetero) is 1. The molecule has 0 spiro atoms. The summed E-state index contributed by atoms with van der Waals surface area (Å²) in [7, 11) is 0. The van der Waals surface area contributed by atoms with Crippen molar-refractivity contribution in [2.75, 3.05) is 19.6 Å². The van der Waals surface area contributed by atoms with Gasteiger partial charge in [0.05, 0.1) is 4.34 Å². The highest BCUT2D eigenvalue weighted by Crippen LogP contribution is 2.32. The standard InChI is InChI=1S/C12H14Cl2N2O2S/c13-10-3-8(12(14)19-10)9(17)1-2-11(18)16-6-7-4-15-5-7/h3,7,15H,1-2,4-6H2,(H,16,18). The predicted molar refractivity (Wildman–Crippen MR) is 77.3 cm³/mol. The first-order chi connectivity index (χ1) is 9.06. The summed E-state index contributed by atoms with van der Waals surface area (Å²) in [5.41, 5.74) is 0.410. The van der Waals surface area contributed by atoms with Gasteiger partial charge in [-0.25, -0.2) is 0 Å². The summed E-state index contributed by atoms with van der Waals surface area (Å²) in [5, 5.41) is 5.96. The summed E-state index contributed by atoms with van der Waals surface area (Å²) in [6, 6.07) is 1.55. The minimum Gasteiger partial charge on any atom is -0.356 e. The Morgan fingerprint density at radius 2 is 2.11 bits per heavy atom. The maximum Gasteiger partial charge on any atom is 0.220 e. The van der Waals surface area contributed by atoms with Crippen molar-refractivity contribution in [2.45, 2.75) is 12.8 Å². The van der Waals surface area contributed by atoms with E-state index < -0.39 is 0 Å². The van der Waals surface area contributed by atoms with Crippen molar-refractivity contribution in [3.63, 3.8) is 0 Å². The second-order valence-corrected chi connectivity index (χ2v) is 6.77. The highest BCUT2D eigenvalue weighted by atomic mass is 35.5. The number of halogens is 2. The number of amides is 1. The second-order valence-electron chi connectivity index (χ2n) is 4.49. The lowest BCUT2D eigenvalue weighted by atomic mass is 10.0. The van der Waals surface area contributed by atoms with Crippen molar-refractivity contribution in [1.82, 2.24) is 10.6 Å². The van der Waals surface area contributed by atoms with Crippen LogP contribution in [-0.2, 0) is 4.79 Å². The van der Waals surface area contributed by atoms with E-state index in [4.69, 9.17) is 23.2 Å². The third-order valence-electron chi connectivity index (χ3n) is 2.99. The molecule has 2 rings (SSSR count). The Morgan fingerprint density at radius 3 is 2.63 bits per heavy atom. The summed E-state index contributed by atoms with van der Waals surface area (Å²) in [5.74, 6) is 0.274. The van der Waals surface area contributed by atoms with Crippen LogP contribution in [0.3, 0.4) is 0 Å². The highest BCUT2D eigenvalue weighted by Gasteiger charge is 2.18. The lowest BCUT2D eigenvalue weighted by molar-refractivity contribution is -0.121. The minimum atomic E-state index is -0.145. The molecule has 1 amide bonds. The molecular formula is C12H14Cl2N2O2S. The van der Waals surface area contributed by atoms with Crippen LogP contribution in [0.5, 0.6) is 0 Å². The predicted octanol–water partition coefficient (Wildman–Crippen LogP) is 2.35. The van der Waals surface area contributed by atoms with Gasteiger partial charge in [0.1, 0.15) is 4.34 Å². The molecular weight excluding hydrogens is 307 g/mol. The van der Waals surface area contributed by atoms with Crippen LogP contribution in [-0.4, -0.2) is 31.3 Å². The highest BCUT2D eigenvalue weighted by molar-refractivity contribution is 7.20. The zero-order valence-electron chi connectivity index (χ0n) is 10.2. The molecule has 0 unspecified atom stereocenters. The smallest absolute Gasteiger partial charge is 0.220 e. The quantitative estimate of drug-likeness (QED) is 0.791. The average molecular weight is 321 g/mol. The van der Waals surface area contributed by atoms with Gasteiger partial charge < -0.3 is 10.6 Å². The molecule has 1 aromatic rings. The third-order valence-corrected chi connectivity index (χ3v) is 4.48. The van der Waals surface area contributed by atoms with E-state index in [1.54, 1.807) is 6.07 Å². The van der Waals surface area contributed by atoms with Crippen LogP contribution >= 0.6 is 34.5 Å². The molecule has 1 aliphatic rings. The van der Waals surface area contributed by atoms with E-state index in [1.165, 1.54) is 0 Å². The minimum absolute atomic E-state index is 0.0994. The van der Waals surface area contributed by atoms with Gasteiger partial charge in [-0.15, -0.1) is 11.3 Å². The normalized spacial score (nSPS) is 15.1. The van der Waals surface area contributed by atoms with Crippen molar-refractivity contribution < 1.29 is 9.59 Å². The summed E-state index contributed by atoms with van der Waals surface area (Å²) < 4.78 is 0.867. The molecule has 4 nitrogen and oxygen atoms in total. The van der Waals surface area contributed by atoms with E-state index in [0.29, 0.717) is 26.7 Å². The van der Waals surface area contributed by atoms with Gasteiger partial charge in [0.15, 0.2) is 5.78 Å². The fourth-order valence-electron chi connectivity index (χ4n) is 1.73. The maximum absolute atomic E-state index is 11.9. The number of rotatable bonds is 6. The van der Waals surface area contributed by atoms with E-state index >= 15 is 0 Å². The molecule has 0 aromatic carbocycles. The van der Waals surface area contributed by atoms with Crippen molar-refractivity contribution in [3.05, 3.63) is 20.3 Å². The Hall–Kier alpha value is -0.620. The first kappa shape index (κ1) is 14.8. The van der Waals surface area contributed by atoms with E-state index in [2.05, 4.69) is 10.6 Å². The zero-order chi connectivity index (χ0) is 13.8. The number of hydrogen-bond acceptors (Lipinski definition) is 4. The van der Waals surface area contributed by atoms with Gasteiger partial charge in [-0.05, 0) is 6.07 Å². The Bertz CT molecular complexity index is 486. The van der Waals surface area contributed by atoms with E-state index in [9.17, 15) is 9.59 Å². The SMILES string of the molecule is O=C(CCC(=O)c1cc(Cl)sc1Cl)NCC1CNC1. The van der Waals surface area contributed by atoms with Crippen LogP contribution < -0.4 is 10.6 Å². The molecule has 7 heteroatoms. The molecule has 0 aliphatic carbocycles. The Labute approximate surface area is 125 Å². The lowest BCUT2D eigenvalue weighted by Crippen LogP contribution is -2.48. The summed E-state index contributed by atoms with van der Waals surface area (Å²) in [6.07, 6.45) is 0.338. The molecule has 19 heavy (non-hydrogen) atoms. The van der Waals surface area contributed by atoms with Crippen LogP contribution in [0, 0.1) is 5.92 Å². The molecule has 1 fully saturated rings. The Morgan fingerprint density at radius 1 is 1.37 bits per heavy atom. The van der Waals surface area contributed by atoms with Gasteiger partial charge in [0.2, 0.25) is 5.91 Å². The number of ketones is 1. The second kappa shape index (κ2) is 6.70. The van der Waals surface area contributed by atoms with Gasteiger partial charge >= 0.3 is 0 Å². The summed E-state index contributed by atoms with van der Waals surface area (Å²) in [4.78, 5) is 23.4. The average Bonchev–Trinajstić information content (AvgIpc) is 2.63. The molecule has 0 saturated carbocycles. The van der Waals surface area contributed by atoms with Crippen molar-refractivity contribution in [2.24, 2.45) is 5.92 Å². The molecule has 0 atom stereocenters. The van der Waals surface area contributed by atoms with Gasteiger partial charge in [-0.2, -0.15) is 0 Å². The molecule has 1 saturated heterocycles. The zero-order valence-corrected chi connectivity index (χ0v) is 12.5. The fourth-order valence-corrected chi connectivity index (χ4v) is 3.23. The van der Waals surface area contributed by atoms with E-state index in [0.717, 1.165) is 24.4 Å². The van der Waals surface area contributed by atoms with E-state index in [-0.39, 0.29) is 24.5 Å². The van der Waals surface area contributed by atoms with Gasteiger partial charge in [-0.3, -0.25) is 9.59 Å². The first-order valence-electron chi connectivity index (χ1n) is 6.01. The number of carbonyl (C=O) groups is 2. The topological polar surface area (TPSA) is 58.2 Å². The molecule has 2 N–H and O–H groups in total. The Kier molecular flexibility index (Phi) is 5.21. The molecule has 0 radical (unpaired) electrons. The largest absolute Gasteiger partial charge is 0.356 e. The summed E-state index contributed by atoms with van der Waals surface area (Å²) in [6.45, 7) is 2.56. The fraction of sp³-hybridized carbons (Fsp3) is 0.500. The third kappa shape index (κ3) is 4.18. The van der Waals surface area contributed by atoms with Gasteiger partial charge in [0, 0.05) is 44.0 Å². The number of hydrogen-bond donors (Lipinski definition) is 2. The number of carbonyl (C=O) groups excluding carboxylic acids is 2. The molecule has 0 bridgehead atoms. The number of nitrogens with one attached hydrogen (secondary N) is 2. The van der Waals surface area contributed by atoms with Crippen LogP contribution in [0.25, 0.3) is 0 Å². The monoisotopic (exact) mass is 320 g/mol. The summed E-state index contributed by atoms with van der Waals surface area (Å²) >= 11 is 12.8. The van der Waals surface area contributed by atoms with Crippen LogP contribution in [0.1, 0.15) is 23.2 Å². The van der Waals surface area contributed by atoms with Crippen LogP contribution in [0.2, 0.25) is 8.67 Å². The van der Waals surface area contributed by atoms with Crippen molar-refractivity contribution >= 4 is 46.2 Å². The molecule has 104 valence electrons. The van der Waals surface area contributed by atoms with Crippen molar-refractivity contribution in [1.29, 1.82) is 0 Å². The Balaban J connectivity index is 1.73. The maximum atomic E-state index is 11.9. The molecule has 1 aliphatic heterocycles. The first-order valence-corrected chi connectivity index (χ1v) is 7.59. The molecule has 2 heterocycles. The van der Waals surface area contributed by atoms with Gasteiger partial charge in [-0.1, -0.05) is 23.2 Å².